The average Bonchev–Trinajstić information content (AvgIpc) is 2.51. The molecule has 0 aliphatic carbocycles. The van der Waals surface area contributed by atoms with Crippen molar-refractivity contribution in [2.75, 3.05) is 19.6 Å². The Kier molecular flexibility index (Phi) is 7.54. The Balaban J connectivity index is 2.54. The summed E-state index contributed by atoms with van der Waals surface area (Å²) in [6.45, 7) is 3.10. The van der Waals surface area contributed by atoms with Gasteiger partial charge in [-0.15, -0.1) is 0 Å². The van der Waals surface area contributed by atoms with E-state index < -0.39 is 0 Å². The Morgan fingerprint density at radius 1 is 1.33 bits per heavy atom. The van der Waals surface area contributed by atoms with E-state index in [-0.39, 0.29) is 37.0 Å². The second kappa shape index (κ2) is 9.50. The predicted octanol–water partition coefficient (Wildman–Crippen LogP) is 0.0379. The van der Waals surface area contributed by atoms with Crippen molar-refractivity contribution >= 4 is 11.8 Å². The van der Waals surface area contributed by atoms with E-state index in [1.165, 1.54) is 6.20 Å². The van der Waals surface area contributed by atoms with E-state index in [4.69, 9.17) is 5.73 Å². The summed E-state index contributed by atoms with van der Waals surface area (Å²) in [4.78, 5) is 27.5. The number of hydrogen-bond acceptors (Lipinski definition) is 4. The van der Waals surface area contributed by atoms with Crippen molar-refractivity contribution in [3.63, 3.8) is 0 Å². The summed E-state index contributed by atoms with van der Waals surface area (Å²) in [5.41, 5.74) is 6.08. The third-order valence-electron chi connectivity index (χ3n) is 2.56. The molecule has 1 aromatic rings. The standard InChI is InChI=1S/C15H20N4O2/c1-2-9-17-13(20)7-11-19-15(21)14-12(5-3-8-16)6-4-10-18-14/h4,6,10H,2,7-9,11,16H2,1H3,(H,17,20)(H,19,21). The molecule has 0 aromatic carbocycles. The van der Waals surface area contributed by atoms with Gasteiger partial charge in [-0.2, -0.15) is 0 Å². The first-order chi connectivity index (χ1) is 10.2. The molecular weight excluding hydrogens is 268 g/mol. The summed E-state index contributed by atoms with van der Waals surface area (Å²) in [5.74, 6) is 5.07. The first-order valence-corrected chi connectivity index (χ1v) is 6.87. The van der Waals surface area contributed by atoms with E-state index in [1.54, 1.807) is 12.1 Å². The fourth-order valence-electron chi connectivity index (χ4n) is 1.56. The molecule has 21 heavy (non-hydrogen) atoms. The number of nitrogens with one attached hydrogen (secondary N) is 2. The number of carbonyl (C=O) groups is 2. The fraction of sp³-hybridized carbons (Fsp3) is 0.400. The largest absolute Gasteiger partial charge is 0.356 e. The Bertz CT molecular complexity index is 546. The Labute approximate surface area is 124 Å². The zero-order chi connectivity index (χ0) is 15.5. The molecule has 2 amide bonds. The van der Waals surface area contributed by atoms with Crippen LogP contribution in [0.25, 0.3) is 0 Å². The smallest absolute Gasteiger partial charge is 0.271 e. The molecule has 0 bridgehead atoms. The number of aromatic nitrogens is 1. The van der Waals surface area contributed by atoms with Gasteiger partial charge in [-0.3, -0.25) is 9.59 Å². The lowest BCUT2D eigenvalue weighted by Gasteiger charge is -2.06. The van der Waals surface area contributed by atoms with Crippen LogP contribution in [0.2, 0.25) is 0 Å². The topological polar surface area (TPSA) is 97.1 Å². The van der Waals surface area contributed by atoms with Gasteiger partial charge < -0.3 is 16.4 Å². The number of amides is 2. The highest BCUT2D eigenvalue weighted by atomic mass is 16.2. The molecule has 0 fully saturated rings. The zero-order valence-electron chi connectivity index (χ0n) is 12.1. The molecule has 1 aromatic heterocycles. The van der Waals surface area contributed by atoms with Crippen LogP contribution in [-0.4, -0.2) is 36.4 Å². The lowest BCUT2D eigenvalue weighted by Crippen LogP contribution is -2.31. The maximum atomic E-state index is 12.0. The molecule has 1 rings (SSSR count). The zero-order valence-corrected chi connectivity index (χ0v) is 12.1. The van der Waals surface area contributed by atoms with Crippen LogP contribution in [0.5, 0.6) is 0 Å². The summed E-state index contributed by atoms with van der Waals surface area (Å²) in [7, 11) is 0. The van der Waals surface area contributed by atoms with E-state index in [0.717, 1.165) is 6.42 Å². The summed E-state index contributed by atoms with van der Waals surface area (Å²) >= 11 is 0. The van der Waals surface area contributed by atoms with Gasteiger partial charge in [0.1, 0.15) is 5.69 Å². The third-order valence-corrected chi connectivity index (χ3v) is 2.56. The van der Waals surface area contributed by atoms with Crippen LogP contribution in [0.3, 0.4) is 0 Å². The lowest BCUT2D eigenvalue weighted by molar-refractivity contribution is -0.120. The van der Waals surface area contributed by atoms with Crippen LogP contribution in [0.1, 0.15) is 35.8 Å². The van der Waals surface area contributed by atoms with E-state index in [9.17, 15) is 9.59 Å². The van der Waals surface area contributed by atoms with E-state index in [1.807, 2.05) is 6.92 Å². The van der Waals surface area contributed by atoms with Crippen molar-refractivity contribution < 1.29 is 9.59 Å². The van der Waals surface area contributed by atoms with Crippen molar-refractivity contribution in [1.82, 2.24) is 15.6 Å². The van der Waals surface area contributed by atoms with Gasteiger partial charge in [0.25, 0.3) is 5.91 Å². The highest BCUT2D eigenvalue weighted by Crippen LogP contribution is 2.03. The van der Waals surface area contributed by atoms with Gasteiger partial charge in [-0.05, 0) is 18.6 Å². The maximum Gasteiger partial charge on any atom is 0.271 e. The van der Waals surface area contributed by atoms with Crippen molar-refractivity contribution in [3.8, 4) is 11.8 Å². The number of carbonyl (C=O) groups excluding carboxylic acids is 2. The fourth-order valence-corrected chi connectivity index (χ4v) is 1.56. The van der Waals surface area contributed by atoms with Gasteiger partial charge in [-0.1, -0.05) is 18.8 Å². The number of hydrogen-bond donors (Lipinski definition) is 3. The first kappa shape index (κ1) is 16.7. The Morgan fingerprint density at radius 2 is 2.14 bits per heavy atom. The van der Waals surface area contributed by atoms with Gasteiger partial charge in [0, 0.05) is 25.7 Å². The maximum absolute atomic E-state index is 12.0. The summed E-state index contributed by atoms with van der Waals surface area (Å²) < 4.78 is 0. The molecule has 1 heterocycles. The molecule has 6 heteroatoms. The normalized spacial score (nSPS) is 9.43. The molecule has 4 N–H and O–H groups in total. The number of nitrogens with zero attached hydrogens (tertiary/aromatic N) is 1. The Hall–Kier alpha value is -2.39. The highest BCUT2D eigenvalue weighted by Gasteiger charge is 2.11. The van der Waals surface area contributed by atoms with E-state index >= 15 is 0 Å². The summed E-state index contributed by atoms with van der Waals surface area (Å²) in [6, 6.07) is 3.41. The first-order valence-electron chi connectivity index (χ1n) is 6.87. The second-order valence-corrected chi connectivity index (χ2v) is 4.26. The van der Waals surface area contributed by atoms with Crippen molar-refractivity contribution in [3.05, 3.63) is 29.6 Å². The number of nitrogens with two attached hydrogens (primary N) is 1. The van der Waals surface area contributed by atoms with Crippen LogP contribution < -0.4 is 16.4 Å². The van der Waals surface area contributed by atoms with Gasteiger partial charge in [0.15, 0.2) is 0 Å². The van der Waals surface area contributed by atoms with Crippen LogP contribution in [-0.2, 0) is 4.79 Å². The molecule has 0 aliphatic rings. The minimum atomic E-state index is -0.347. The monoisotopic (exact) mass is 288 g/mol. The van der Waals surface area contributed by atoms with Gasteiger partial charge >= 0.3 is 0 Å². The number of rotatable bonds is 6. The molecule has 0 radical (unpaired) electrons. The number of pyridine rings is 1. The molecule has 0 saturated carbocycles. The van der Waals surface area contributed by atoms with Crippen molar-refractivity contribution in [2.45, 2.75) is 19.8 Å². The minimum Gasteiger partial charge on any atom is -0.356 e. The summed E-state index contributed by atoms with van der Waals surface area (Å²) in [6.07, 6.45) is 2.65. The molecular formula is C15H20N4O2. The van der Waals surface area contributed by atoms with Crippen molar-refractivity contribution in [1.29, 1.82) is 0 Å². The van der Waals surface area contributed by atoms with Crippen LogP contribution in [0.15, 0.2) is 18.3 Å². The van der Waals surface area contributed by atoms with Gasteiger partial charge in [0.05, 0.1) is 12.1 Å². The molecule has 0 atom stereocenters. The van der Waals surface area contributed by atoms with Crippen LogP contribution in [0.4, 0.5) is 0 Å². The quantitative estimate of drug-likeness (QED) is 0.644. The Morgan fingerprint density at radius 3 is 2.86 bits per heavy atom. The SMILES string of the molecule is CCCNC(=O)CCNC(=O)c1ncccc1C#CCN. The lowest BCUT2D eigenvalue weighted by atomic mass is 10.2. The van der Waals surface area contributed by atoms with Crippen LogP contribution >= 0.6 is 0 Å². The highest BCUT2D eigenvalue weighted by molar-refractivity contribution is 5.94. The minimum absolute atomic E-state index is 0.0821. The molecule has 112 valence electrons. The van der Waals surface area contributed by atoms with E-state index in [0.29, 0.717) is 12.1 Å². The molecule has 0 spiro atoms. The van der Waals surface area contributed by atoms with Crippen molar-refractivity contribution in [2.24, 2.45) is 5.73 Å². The molecule has 0 aliphatic heterocycles. The van der Waals surface area contributed by atoms with E-state index in [2.05, 4.69) is 27.5 Å². The van der Waals surface area contributed by atoms with Gasteiger partial charge in [0.2, 0.25) is 5.91 Å². The molecule has 6 nitrogen and oxygen atoms in total. The second-order valence-electron chi connectivity index (χ2n) is 4.26. The third kappa shape index (κ3) is 6.06. The molecule has 0 unspecified atom stereocenters. The predicted molar refractivity (Wildman–Crippen MR) is 80.4 cm³/mol. The average molecular weight is 288 g/mol. The van der Waals surface area contributed by atoms with Crippen LogP contribution in [0, 0.1) is 11.8 Å². The molecule has 0 saturated heterocycles. The van der Waals surface area contributed by atoms with Gasteiger partial charge in [-0.25, -0.2) is 4.98 Å². The summed E-state index contributed by atoms with van der Waals surface area (Å²) in [5, 5.41) is 5.40.